The number of fused-ring (bicyclic) bond motifs is 1. The molecule has 0 radical (unpaired) electrons. The fourth-order valence-electron chi connectivity index (χ4n) is 3.61. The maximum Gasteiger partial charge on any atom is 0.269 e. The van der Waals surface area contributed by atoms with E-state index in [0.29, 0.717) is 17.6 Å². The summed E-state index contributed by atoms with van der Waals surface area (Å²) >= 11 is 0. The van der Waals surface area contributed by atoms with Crippen LogP contribution in [0.5, 0.6) is 0 Å². The Bertz CT molecular complexity index is 1040. The number of para-hydroxylation sites is 2. The minimum absolute atomic E-state index is 0.00669. The lowest BCUT2D eigenvalue weighted by Gasteiger charge is -2.23. The molecule has 7 heteroatoms. The minimum atomic E-state index is -0.277. The lowest BCUT2D eigenvalue weighted by Crippen LogP contribution is -2.36. The molecule has 4 rings (SSSR count). The maximum absolute atomic E-state index is 13.0. The Labute approximate surface area is 156 Å². The van der Waals surface area contributed by atoms with Crippen molar-refractivity contribution in [3.8, 4) is 0 Å². The van der Waals surface area contributed by atoms with Crippen LogP contribution in [0.4, 0.5) is 0 Å². The van der Waals surface area contributed by atoms with E-state index in [0.717, 1.165) is 24.3 Å². The summed E-state index contributed by atoms with van der Waals surface area (Å²) < 4.78 is 6.90. The standard InChI is InChI=1S/C20H22N4O3/c1-13(2)18-10-15(22-27-18)17-8-5-9-23(17)20(26)12-24-16-7-4-3-6-14(16)21-11-19(24)25/h3-4,6-7,10-11,13,17H,5,8-9,12H2,1-2H3. The number of benzene rings is 1. The molecule has 1 aromatic carbocycles. The van der Waals surface area contributed by atoms with E-state index in [1.165, 1.54) is 10.8 Å². The van der Waals surface area contributed by atoms with Crippen molar-refractivity contribution in [2.24, 2.45) is 0 Å². The summed E-state index contributed by atoms with van der Waals surface area (Å²) in [6, 6.07) is 9.18. The van der Waals surface area contributed by atoms with Gasteiger partial charge < -0.3 is 9.42 Å². The number of likely N-dealkylation sites (tertiary alicyclic amines) is 1. The van der Waals surface area contributed by atoms with E-state index in [-0.39, 0.29) is 30.0 Å². The first-order valence-corrected chi connectivity index (χ1v) is 9.25. The first-order chi connectivity index (χ1) is 13.0. The first-order valence-electron chi connectivity index (χ1n) is 9.25. The number of aromatic nitrogens is 3. The SMILES string of the molecule is CC(C)c1cc(C2CCCN2C(=O)Cn2c(=O)cnc3ccccc32)no1. The highest BCUT2D eigenvalue weighted by molar-refractivity contribution is 5.80. The van der Waals surface area contributed by atoms with Gasteiger partial charge in [-0.3, -0.25) is 14.2 Å². The fraction of sp³-hybridized carbons (Fsp3) is 0.400. The van der Waals surface area contributed by atoms with Crippen LogP contribution in [0.25, 0.3) is 11.0 Å². The molecule has 3 aromatic rings. The highest BCUT2D eigenvalue weighted by Gasteiger charge is 2.32. The van der Waals surface area contributed by atoms with Gasteiger partial charge in [-0.1, -0.05) is 31.1 Å². The number of nitrogens with zero attached hydrogens (tertiary/aromatic N) is 4. The van der Waals surface area contributed by atoms with Crippen LogP contribution >= 0.6 is 0 Å². The van der Waals surface area contributed by atoms with Gasteiger partial charge in [-0.2, -0.15) is 0 Å². The second kappa shape index (κ2) is 6.98. The van der Waals surface area contributed by atoms with Gasteiger partial charge in [0.05, 0.1) is 23.3 Å². The van der Waals surface area contributed by atoms with Crippen LogP contribution in [-0.4, -0.2) is 32.1 Å². The molecular formula is C20H22N4O3. The van der Waals surface area contributed by atoms with Crippen LogP contribution in [-0.2, 0) is 11.3 Å². The van der Waals surface area contributed by atoms with E-state index < -0.39 is 0 Å². The molecule has 0 bridgehead atoms. The lowest BCUT2D eigenvalue weighted by molar-refractivity contribution is -0.132. The topological polar surface area (TPSA) is 81.2 Å². The number of rotatable bonds is 4. The Hall–Kier alpha value is -2.96. The number of carbonyl (C=O) groups is 1. The lowest BCUT2D eigenvalue weighted by atomic mass is 10.1. The van der Waals surface area contributed by atoms with Crippen LogP contribution in [0, 0.1) is 0 Å². The molecule has 1 amide bonds. The molecular weight excluding hydrogens is 344 g/mol. The van der Waals surface area contributed by atoms with Gasteiger partial charge >= 0.3 is 0 Å². The van der Waals surface area contributed by atoms with Crippen molar-refractivity contribution in [1.29, 1.82) is 0 Å². The number of amides is 1. The molecule has 7 nitrogen and oxygen atoms in total. The number of hydrogen-bond acceptors (Lipinski definition) is 5. The number of carbonyl (C=O) groups excluding carboxylic acids is 1. The van der Waals surface area contributed by atoms with Crippen molar-refractivity contribution in [2.45, 2.75) is 45.2 Å². The normalized spacial score (nSPS) is 17.1. The molecule has 1 saturated heterocycles. The van der Waals surface area contributed by atoms with Crippen molar-refractivity contribution in [1.82, 2.24) is 19.6 Å². The molecule has 0 saturated carbocycles. The van der Waals surface area contributed by atoms with Gasteiger partial charge in [-0.15, -0.1) is 0 Å². The quantitative estimate of drug-likeness (QED) is 0.709. The van der Waals surface area contributed by atoms with E-state index in [9.17, 15) is 9.59 Å². The summed E-state index contributed by atoms with van der Waals surface area (Å²) in [6.07, 6.45) is 3.03. The van der Waals surface area contributed by atoms with Crippen molar-refractivity contribution in [2.75, 3.05) is 6.54 Å². The van der Waals surface area contributed by atoms with Crippen molar-refractivity contribution >= 4 is 16.9 Å². The van der Waals surface area contributed by atoms with Gasteiger partial charge in [0.15, 0.2) is 0 Å². The second-order valence-electron chi connectivity index (χ2n) is 7.23. The molecule has 1 aliphatic rings. The molecule has 1 fully saturated rings. The first kappa shape index (κ1) is 17.5. The molecule has 3 heterocycles. The smallest absolute Gasteiger partial charge is 0.269 e. The molecule has 1 atom stereocenters. The fourth-order valence-corrected chi connectivity index (χ4v) is 3.61. The highest BCUT2D eigenvalue weighted by Crippen LogP contribution is 2.32. The Kier molecular flexibility index (Phi) is 4.51. The molecule has 27 heavy (non-hydrogen) atoms. The van der Waals surface area contributed by atoms with Gasteiger partial charge in [0.1, 0.15) is 18.0 Å². The number of hydrogen-bond donors (Lipinski definition) is 0. The minimum Gasteiger partial charge on any atom is -0.361 e. The van der Waals surface area contributed by atoms with E-state index in [1.807, 2.05) is 49.1 Å². The van der Waals surface area contributed by atoms with E-state index in [1.54, 1.807) is 0 Å². The predicted octanol–water partition coefficient (Wildman–Crippen LogP) is 2.87. The third-order valence-corrected chi connectivity index (χ3v) is 5.08. The van der Waals surface area contributed by atoms with Crippen LogP contribution in [0.1, 0.15) is 50.1 Å². The molecule has 0 N–H and O–H groups in total. The summed E-state index contributed by atoms with van der Waals surface area (Å²) in [4.78, 5) is 31.3. The molecule has 1 unspecified atom stereocenters. The maximum atomic E-state index is 13.0. The van der Waals surface area contributed by atoms with Crippen LogP contribution in [0.2, 0.25) is 0 Å². The van der Waals surface area contributed by atoms with Crippen molar-refractivity contribution in [3.63, 3.8) is 0 Å². The molecule has 140 valence electrons. The Morgan fingerprint density at radius 2 is 2.15 bits per heavy atom. The zero-order valence-corrected chi connectivity index (χ0v) is 15.5. The average molecular weight is 366 g/mol. The average Bonchev–Trinajstić information content (AvgIpc) is 3.33. The summed E-state index contributed by atoms with van der Waals surface area (Å²) in [5.41, 5.74) is 1.87. The zero-order chi connectivity index (χ0) is 19.0. The molecule has 0 spiro atoms. The zero-order valence-electron chi connectivity index (χ0n) is 15.5. The summed E-state index contributed by atoms with van der Waals surface area (Å²) in [6.45, 7) is 4.74. The molecule has 1 aliphatic heterocycles. The summed E-state index contributed by atoms with van der Waals surface area (Å²) in [7, 11) is 0. The largest absolute Gasteiger partial charge is 0.361 e. The van der Waals surface area contributed by atoms with Crippen molar-refractivity contribution < 1.29 is 9.32 Å². The van der Waals surface area contributed by atoms with Gasteiger partial charge in [0.25, 0.3) is 5.56 Å². The van der Waals surface area contributed by atoms with E-state index in [2.05, 4.69) is 10.1 Å². The van der Waals surface area contributed by atoms with E-state index >= 15 is 0 Å². The van der Waals surface area contributed by atoms with Gasteiger partial charge in [-0.05, 0) is 25.0 Å². The van der Waals surface area contributed by atoms with Crippen LogP contribution < -0.4 is 5.56 Å². The van der Waals surface area contributed by atoms with Crippen LogP contribution in [0.15, 0.2) is 45.8 Å². The molecule has 0 aliphatic carbocycles. The Morgan fingerprint density at radius 1 is 1.33 bits per heavy atom. The third-order valence-electron chi connectivity index (χ3n) is 5.08. The predicted molar refractivity (Wildman–Crippen MR) is 100 cm³/mol. The highest BCUT2D eigenvalue weighted by atomic mass is 16.5. The Morgan fingerprint density at radius 3 is 2.93 bits per heavy atom. The second-order valence-corrected chi connectivity index (χ2v) is 7.23. The summed E-state index contributed by atoms with van der Waals surface area (Å²) in [5.74, 6) is 0.976. The van der Waals surface area contributed by atoms with Crippen molar-refractivity contribution in [3.05, 3.63) is 58.3 Å². The third kappa shape index (κ3) is 3.25. The summed E-state index contributed by atoms with van der Waals surface area (Å²) in [5, 5.41) is 4.18. The Balaban J connectivity index is 1.61. The van der Waals surface area contributed by atoms with Crippen LogP contribution in [0.3, 0.4) is 0 Å². The monoisotopic (exact) mass is 366 g/mol. The molecule has 2 aromatic heterocycles. The van der Waals surface area contributed by atoms with Gasteiger partial charge in [0.2, 0.25) is 5.91 Å². The van der Waals surface area contributed by atoms with Gasteiger partial charge in [-0.25, -0.2) is 4.98 Å². The van der Waals surface area contributed by atoms with Gasteiger partial charge in [0, 0.05) is 18.5 Å². The van der Waals surface area contributed by atoms with E-state index in [4.69, 9.17) is 4.52 Å².